The van der Waals surface area contributed by atoms with E-state index < -0.39 is 0 Å². The summed E-state index contributed by atoms with van der Waals surface area (Å²) in [4.78, 5) is 2.59. The van der Waals surface area contributed by atoms with E-state index in [2.05, 4.69) is 22.8 Å². The lowest BCUT2D eigenvalue weighted by molar-refractivity contribution is 0.236. The Morgan fingerprint density at radius 1 is 0.867 bits per heavy atom. The Hall–Kier alpha value is 0.270. The SMILES string of the molecule is SCCCCCCCCN1CCNCC1. The van der Waals surface area contributed by atoms with Crippen LogP contribution in [0.2, 0.25) is 0 Å². The van der Waals surface area contributed by atoms with Crippen LogP contribution in [0.1, 0.15) is 38.5 Å². The van der Waals surface area contributed by atoms with E-state index in [1.165, 1.54) is 71.2 Å². The molecule has 0 atom stereocenters. The molecule has 0 aliphatic carbocycles. The van der Waals surface area contributed by atoms with Gasteiger partial charge in [0.15, 0.2) is 0 Å². The van der Waals surface area contributed by atoms with Crippen molar-refractivity contribution >= 4 is 12.6 Å². The Morgan fingerprint density at radius 2 is 1.47 bits per heavy atom. The zero-order valence-electron chi connectivity index (χ0n) is 9.88. The number of piperazine rings is 1. The van der Waals surface area contributed by atoms with Gasteiger partial charge >= 0.3 is 0 Å². The lowest BCUT2D eigenvalue weighted by atomic mass is 10.1. The van der Waals surface area contributed by atoms with Crippen LogP contribution >= 0.6 is 12.6 Å². The molecule has 0 spiro atoms. The Bertz CT molecular complexity index is 136. The van der Waals surface area contributed by atoms with Gasteiger partial charge in [-0.15, -0.1) is 0 Å². The van der Waals surface area contributed by atoms with E-state index in [-0.39, 0.29) is 0 Å². The average molecular weight is 230 g/mol. The van der Waals surface area contributed by atoms with E-state index in [0.717, 1.165) is 5.75 Å². The van der Waals surface area contributed by atoms with Crippen molar-refractivity contribution < 1.29 is 0 Å². The molecule has 0 aromatic rings. The number of unbranched alkanes of at least 4 members (excludes halogenated alkanes) is 5. The first-order valence-electron chi connectivity index (χ1n) is 6.47. The summed E-state index contributed by atoms with van der Waals surface area (Å²) in [7, 11) is 0. The van der Waals surface area contributed by atoms with Crippen LogP contribution < -0.4 is 5.32 Å². The summed E-state index contributed by atoms with van der Waals surface area (Å²) in [5.41, 5.74) is 0. The minimum atomic E-state index is 1.06. The molecule has 0 radical (unpaired) electrons. The van der Waals surface area contributed by atoms with Gasteiger partial charge in [-0.05, 0) is 25.1 Å². The van der Waals surface area contributed by atoms with Gasteiger partial charge in [-0.3, -0.25) is 0 Å². The van der Waals surface area contributed by atoms with Crippen LogP contribution in [-0.4, -0.2) is 43.4 Å². The molecule has 0 amide bonds. The molecule has 1 fully saturated rings. The van der Waals surface area contributed by atoms with Gasteiger partial charge in [-0.1, -0.05) is 25.7 Å². The summed E-state index contributed by atoms with van der Waals surface area (Å²) in [5, 5.41) is 3.39. The van der Waals surface area contributed by atoms with Crippen LogP contribution in [0.4, 0.5) is 0 Å². The van der Waals surface area contributed by atoms with E-state index in [9.17, 15) is 0 Å². The van der Waals surface area contributed by atoms with Crippen molar-refractivity contribution in [2.24, 2.45) is 0 Å². The van der Waals surface area contributed by atoms with Crippen LogP contribution in [-0.2, 0) is 0 Å². The molecule has 0 bridgehead atoms. The van der Waals surface area contributed by atoms with Crippen molar-refractivity contribution in [2.45, 2.75) is 38.5 Å². The predicted molar refractivity (Wildman–Crippen MR) is 70.9 cm³/mol. The molecule has 0 aromatic carbocycles. The lowest BCUT2D eigenvalue weighted by Crippen LogP contribution is -2.43. The highest BCUT2D eigenvalue weighted by atomic mass is 32.1. The first kappa shape index (κ1) is 13.3. The van der Waals surface area contributed by atoms with E-state index >= 15 is 0 Å². The van der Waals surface area contributed by atoms with Crippen molar-refractivity contribution in [2.75, 3.05) is 38.5 Å². The summed E-state index contributed by atoms with van der Waals surface area (Å²) in [6.45, 7) is 6.18. The summed E-state index contributed by atoms with van der Waals surface area (Å²) in [5.74, 6) is 1.06. The standard InChI is InChI=1S/C12H26N2S/c15-12-6-4-2-1-3-5-9-14-10-7-13-8-11-14/h13,15H,1-12H2. The summed E-state index contributed by atoms with van der Waals surface area (Å²) < 4.78 is 0. The smallest absolute Gasteiger partial charge is 0.0107 e. The minimum absolute atomic E-state index is 1.06. The molecule has 1 aliphatic rings. The maximum absolute atomic E-state index is 4.22. The van der Waals surface area contributed by atoms with Crippen molar-refractivity contribution in [3.63, 3.8) is 0 Å². The quantitative estimate of drug-likeness (QED) is 0.491. The van der Waals surface area contributed by atoms with Gasteiger partial charge in [0.25, 0.3) is 0 Å². The number of rotatable bonds is 8. The number of nitrogens with one attached hydrogen (secondary N) is 1. The van der Waals surface area contributed by atoms with Crippen molar-refractivity contribution in [3.8, 4) is 0 Å². The van der Waals surface area contributed by atoms with Gasteiger partial charge in [-0.25, -0.2) is 0 Å². The van der Waals surface area contributed by atoms with Crippen LogP contribution in [0.15, 0.2) is 0 Å². The molecular formula is C12H26N2S. The van der Waals surface area contributed by atoms with Gasteiger partial charge in [0.1, 0.15) is 0 Å². The highest BCUT2D eigenvalue weighted by Gasteiger charge is 2.07. The Kier molecular flexibility index (Phi) is 8.44. The Labute approximate surface area is 100 Å². The van der Waals surface area contributed by atoms with Crippen molar-refractivity contribution in [3.05, 3.63) is 0 Å². The molecular weight excluding hydrogens is 204 g/mol. The summed E-state index contributed by atoms with van der Waals surface area (Å²) in [6.07, 6.45) is 8.29. The maximum atomic E-state index is 4.22. The van der Waals surface area contributed by atoms with Gasteiger partial charge < -0.3 is 10.2 Å². The number of hydrogen-bond donors (Lipinski definition) is 2. The zero-order chi connectivity index (χ0) is 10.8. The topological polar surface area (TPSA) is 15.3 Å². The number of nitrogens with zero attached hydrogens (tertiary/aromatic N) is 1. The normalized spacial score (nSPS) is 18.2. The molecule has 0 saturated carbocycles. The number of thiol groups is 1. The molecule has 1 N–H and O–H groups in total. The second-order valence-electron chi connectivity index (χ2n) is 4.44. The first-order chi connectivity index (χ1) is 7.43. The summed E-state index contributed by atoms with van der Waals surface area (Å²) >= 11 is 4.22. The molecule has 1 rings (SSSR count). The zero-order valence-corrected chi connectivity index (χ0v) is 10.8. The fourth-order valence-corrected chi connectivity index (χ4v) is 2.31. The van der Waals surface area contributed by atoms with Crippen molar-refractivity contribution in [1.29, 1.82) is 0 Å². The van der Waals surface area contributed by atoms with Gasteiger partial charge in [-0.2, -0.15) is 12.6 Å². The molecule has 0 unspecified atom stereocenters. The van der Waals surface area contributed by atoms with Gasteiger partial charge in [0, 0.05) is 26.2 Å². The third-order valence-electron chi connectivity index (χ3n) is 3.09. The Morgan fingerprint density at radius 3 is 2.13 bits per heavy atom. The Balaban J connectivity index is 1.79. The molecule has 1 saturated heterocycles. The van der Waals surface area contributed by atoms with E-state index in [0.29, 0.717) is 0 Å². The first-order valence-corrected chi connectivity index (χ1v) is 7.10. The molecule has 90 valence electrons. The second kappa shape index (κ2) is 9.49. The molecule has 3 heteroatoms. The van der Waals surface area contributed by atoms with Crippen molar-refractivity contribution in [1.82, 2.24) is 10.2 Å². The van der Waals surface area contributed by atoms with Crippen LogP contribution in [0.5, 0.6) is 0 Å². The summed E-state index contributed by atoms with van der Waals surface area (Å²) in [6, 6.07) is 0. The average Bonchev–Trinajstić information content (AvgIpc) is 2.29. The molecule has 1 heterocycles. The van der Waals surface area contributed by atoms with E-state index in [1.54, 1.807) is 0 Å². The predicted octanol–water partition coefficient (Wildman–Crippen LogP) is 2.16. The maximum Gasteiger partial charge on any atom is 0.0107 e. The second-order valence-corrected chi connectivity index (χ2v) is 4.88. The van der Waals surface area contributed by atoms with E-state index in [4.69, 9.17) is 0 Å². The highest BCUT2D eigenvalue weighted by Crippen LogP contribution is 2.07. The van der Waals surface area contributed by atoms with Gasteiger partial charge in [0.05, 0.1) is 0 Å². The van der Waals surface area contributed by atoms with Gasteiger partial charge in [0.2, 0.25) is 0 Å². The molecule has 2 nitrogen and oxygen atoms in total. The molecule has 0 aromatic heterocycles. The largest absolute Gasteiger partial charge is 0.314 e. The third-order valence-corrected chi connectivity index (χ3v) is 3.41. The monoisotopic (exact) mass is 230 g/mol. The van der Waals surface area contributed by atoms with E-state index in [1.807, 2.05) is 0 Å². The fraction of sp³-hybridized carbons (Fsp3) is 1.00. The molecule has 1 aliphatic heterocycles. The lowest BCUT2D eigenvalue weighted by Gasteiger charge is -2.26. The minimum Gasteiger partial charge on any atom is -0.314 e. The van der Waals surface area contributed by atoms with Crippen LogP contribution in [0, 0.1) is 0 Å². The fourth-order valence-electron chi connectivity index (χ4n) is 2.09. The third kappa shape index (κ3) is 7.20. The highest BCUT2D eigenvalue weighted by molar-refractivity contribution is 7.80. The van der Waals surface area contributed by atoms with Crippen LogP contribution in [0.25, 0.3) is 0 Å². The molecule has 15 heavy (non-hydrogen) atoms. The van der Waals surface area contributed by atoms with Crippen LogP contribution in [0.3, 0.4) is 0 Å². The number of hydrogen-bond acceptors (Lipinski definition) is 3.